The van der Waals surface area contributed by atoms with Gasteiger partial charge in [0.2, 0.25) is 10.0 Å². The van der Waals surface area contributed by atoms with Crippen LogP contribution >= 0.6 is 0 Å². The zero-order valence-corrected chi connectivity index (χ0v) is 14.6. The average Bonchev–Trinajstić information content (AvgIpc) is 2.99. The summed E-state index contributed by atoms with van der Waals surface area (Å²) in [4.78, 5) is 12.2. The van der Waals surface area contributed by atoms with Crippen LogP contribution in [0.1, 0.15) is 25.7 Å². The third-order valence-electron chi connectivity index (χ3n) is 5.35. The van der Waals surface area contributed by atoms with E-state index in [0.717, 1.165) is 31.2 Å². The summed E-state index contributed by atoms with van der Waals surface area (Å²) in [5, 5.41) is 3.51. The lowest BCUT2D eigenvalue weighted by molar-refractivity contribution is 0.345. The number of rotatable bonds is 3. The molecule has 2 bridgehead atoms. The van der Waals surface area contributed by atoms with Gasteiger partial charge < -0.3 is 5.32 Å². The van der Waals surface area contributed by atoms with E-state index in [1.165, 1.54) is 9.13 Å². The monoisotopic (exact) mass is 350 g/mol. The predicted octanol–water partition coefficient (Wildman–Crippen LogP) is 0.438. The van der Waals surface area contributed by atoms with Gasteiger partial charge in [-0.25, -0.2) is 17.9 Å². The van der Waals surface area contributed by atoms with Crippen molar-refractivity contribution in [2.45, 2.75) is 48.7 Å². The average molecular weight is 350 g/mol. The second-order valence-corrected chi connectivity index (χ2v) is 8.69. The number of hydrogen-bond donors (Lipinski definition) is 2. The van der Waals surface area contributed by atoms with E-state index in [1.54, 1.807) is 32.3 Å². The minimum absolute atomic E-state index is 0.0240. The number of aryl methyl sites for hydroxylation is 2. The molecule has 0 spiro atoms. The Balaban J connectivity index is 1.65. The molecule has 8 heteroatoms. The first-order chi connectivity index (χ1) is 11.3. The van der Waals surface area contributed by atoms with Crippen molar-refractivity contribution in [3.8, 4) is 0 Å². The van der Waals surface area contributed by atoms with Crippen LogP contribution in [0.25, 0.3) is 11.0 Å². The molecule has 2 aliphatic rings. The molecule has 2 N–H and O–H groups in total. The third-order valence-corrected chi connectivity index (χ3v) is 6.87. The summed E-state index contributed by atoms with van der Waals surface area (Å²) in [7, 11) is -0.259. The summed E-state index contributed by atoms with van der Waals surface area (Å²) in [5.41, 5.74) is 1.18. The van der Waals surface area contributed by atoms with E-state index in [4.69, 9.17) is 0 Å². The van der Waals surface area contributed by atoms with Crippen LogP contribution in [0, 0.1) is 0 Å². The molecule has 0 saturated carbocycles. The Morgan fingerprint density at radius 3 is 2.38 bits per heavy atom. The number of sulfonamides is 1. The summed E-state index contributed by atoms with van der Waals surface area (Å²) < 4.78 is 31.4. The van der Waals surface area contributed by atoms with E-state index in [-0.39, 0.29) is 16.6 Å². The smallest absolute Gasteiger partial charge is 0.311 e. The lowest BCUT2D eigenvalue weighted by Crippen LogP contribution is -2.47. The molecule has 2 aromatic rings. The molecule has 2 atom stereocenters. The van der Waals surface area contributed by atoms with Gasteiger partial charge in [0.15, 0.2) is 0 Å². The standard InChI is InChI=1S/C16H22N4O3S/c1-19-14-6-5-13(9-15(14)20(2)16(19)21)24(22,23)18-12-7-10-3-4-11(8-12)17-10/h5-6,9-12,17-18H,3-4,7-8H2,1-2H3. The Bertz CT molecular complexity index is 948. The first kappa shape index (κ1) is 15.9. The van der Waals surface area contributed by atoms with E-state index in [1.807, 2.05) is 0 Å². The quantitative estimate of drug-likeness (QED) is 0.841. The van der Waals surface area contributed by atoms with Crippen molar-refractivity contribution in [2.24, 2.45) is 14.1 Å². The fraction of sp³-hybridized carbons (Fsp3) is 0.562. The maximum Gasteiger partial charge on any atom is 0.328 e. The predicted molar refractivity (Wildman–Crippen MR) is 91.4 cm³/mol. The van der Waals surface area contributed by atoms with Crippen LogP contribution < -0.4 is 15.7 Å². The van der Waals surface area contributed by atoms with Crippen LogP contribution in [-0.4, -0.2) is 35.7 Å². The minimum Gasteiger partial charge on any atom is -0.311 e. The molecular weight excluding hydrogens is 328 g/mol. The first-order valence-corrected chi connectivity index (χ1v) is 9.77. The molecular formula is C16H22N4O3S. The molecule has 2 aliphatic heterocycles. The van der Waals surface area contributed by atoms with Crippen molar-refractivity contribution < 1.29 is 8.42 Å². The van der Waals surface area contributed by atoms with Gasteiger partial charge >= 0.3 is 5.69 Å². The molecule has 1 aromatic heterocycles. The number of aromatic nitrogens is 2. The van der Waals surface area contributed by atoms with E-state index in [2.05, 4.69) is 10.0 Å². The van der Waals surface area contributed by atoms with E-state index < -0.39 is 10.0 Å². The zero-order valence-electron chi connectivity index (χ0n) is 13.8. The molecule has 7 nitrogen and oxygen atoms in total. The van der Waals surface area contributed by atoms with Crippen molar-refractivity contribution in [1.29, 1.82) is 0 Å². The largest absolute Gasteiger partial charge is 0.328 e. The molecule has 130 valence electrons. The summed E-state index contributed by atoms with van der Waals surface area (Å²) in [6.45, 7) is 0. The molecule has 24 heavy (non-hydrogen) atoms. The van der Waals surface area contributed by atoms with E-state index in [9.17, 15) is 13.2 Å². The van der Waals surface area contributed by atoms with Crippen LogP contribution in [0.3, 0.4) is 0 Å². The number of piperidine rings is 1. The van der Waals surface area contributed by atoms with Gasteiger partial charge in [0.05, 0.1) is 15.9 Å². The van der Waals surface area contributed by atoms with Gasteiger partial charge in [0, 0.05) is 32.2 Å². The van der Waals surface area contributed by atoms with Gasteiger partial charge in [-0.2, -0.15) is 0 Å². The summed E-state index contributed by atoms with van der Waals surface area (Å²) >= 11 is 0. The Labute approximate surface area is 140 Å². The summed E-state index contributed by atoms with van der Waals surface area (Å²) in [6.07, 6.45) is 3.92. The summed E-state index contributed by atoms with van der Waals surface area (Å²) in [5.74, 6) is 0. The number of hydrogen-bond acceptors (Lipinski definition) is 4. The van der Waals surface area contributed by atoms with E-state index >= 15 is 0 Å². The molecule has 0 amide bonds. The molecule has 2 saturated heterocycles. The Hall–Kier alpha value is -1.64. The minimum atomic E-state index is -3.59. The maximum absolute atomic E-state index is 12.8. The van der Waals surface area contributed by atoms with Crippen molar-refractivity contribution in [2.75, 3.05) is 0 Å². The second-order valence-electron chi connectivity index (χ2n) is 6.98. The normalized spacial score (nSPS) is 27.0. The van der Waals surface area contributed by atoms with Crippen LogP contribution in [-0.2, 0) is 24.1 Å². The van der Waals surface area contributed by atoms with E-state index in [0.29, 0.717) is 17.6 Å². The number of benzene rings is 1. The molecule has 2 fully saturated rings. The Morgan fingerprint density at radius 1 is 1.08 bits per heavy atom. The van der Waals surface area contributed by atoms with Crippen molar-refractivity contribution in [3.63, 3.8) is 0 Å². The zero-order chi connectivity index (χ0) is 17.1. The van der Waals surface area contributed by atoms with Gasteiger partial charge in [-0.1, -0.05) is 0 Å². The topological polar surface area (TPSA) is 85.1 Å². The molecule has 0 aliphatic carbocycles. The lowest BCUT2D eigenvalue weighted by Gasteiger charge is -2.29. The number of fused-ring (bicyclic) bond motifs is 3. The van der Waals surface area contributed by atoms with Gasteiger partial charge in [-0.15, -0.1) is 0 Å². The van der Waals surface area contributed by atoms with Crippen LogP contribution in [0.4, 0.5) is 0 Å². The molecule has 2 unspecified atom stereocenters. The molecule has 1 aromatic carbocycles. The third kappa shape index (κ3) is 2.49. The first-order valence-electron chi connectivity index (χ1n) is 8.29. The fourth-order valence-corrected chi connectivity index (χ4v) is 5.38. The van der Waals surface area contributed by atoms with Crippen LogP contribution in [0.5, 0.6) is 0 Å². The second kappa shape index (κ2) is 5.44. The van der Waals surface area contributed by atoms with Crippen molar-refractivity contribution in [3.05, 3.63) is 28.7 Å². The van der Waals surface area contributed by atoms with Crippen molar-refractivity contribution >= 4 is 21.1 Å². The summed E-state index contributed by atoms with van der Waals surface area (Å²) in [6, 6.07) is 5.66. The van der Waals surface area contributed by atoms with Crippen LogP contribution in [0.2, 0.25) is 0 Å². The highest BCUT2D eigenvalue weighted by Gasteiger charge is 2.35. The highest BCUT2D eigenvalue weighted by molar-refractivity contribution is 7.89. The number of imidazole rings is 1. The molecule has 3 heterocycles. The van der Waals surface area contributed by atoms with Crippen molar-refractivity contribution in [1.82, 2.24) is 19.2 Å². The SMILES string of the molecule is Cn1c(=O)n(C)c2cc(S(=O)(=O)NC3CC4CCC(C3)N4)ccc21. The van der Waals surface area contributed by atoms with Gasteiger partial charge in [0.1, 0.15) is 0 Å². The Morgan fingerprint density at radius 2 is 1.71 bits per heavy atom. The highest BCUT2D eigenvalue weighted by atomic mass is 32.2. The lowest BCUT2D eigenvalue weighted by atomic mass is 10.0. The number of nitrogens with one attached hydrogen (secondary N) is 2. The fourth-order valence-electron chi connectivity index (χ4n) is 4.09. The van der Waals surface area contributed by atoms with Crippen LogP contribution in [0.15, 0.2) is 27.9 Å². The highest BCUT2D eigenvalue weighted by Crippen LogP contribution is 2.28. The van der Waals surface area contributed by atoms with Gasteiger partial charge in [-0.3, -0.25) is 9.13 Å². The number of nitrogens with zero attached hydrogens (tertiary/aromatic N) is 2. The van der Waals surface area contributed by atoms with Gasteiger partial charge in [0.25, 0.3) is 0 Å². The maximum atomic E-state index is 12.8. The molecule has 4 rings (SSSR count). The Kier molecular flexibility index (Phi) is 3.59. The van der Waals surface area contributed by atoms with Gasteiger partial charge in [-0.05, 0) is 43.9 Å². The molecule has 0 radical (unpaired) electrons.